The van der Waals surface area contributed by atoms with Crippen LogP contribution < -0.4 is 20.7 Å². The normalized spacial score (nSPS) is 21.0. The molecule has 0 bridgehead atoms. The quantitative estimate of drug-likeness (QED) is 0.679. The maximum atomic E-state index is 11.8. The van der Waals surface area contributed by atoms with Crippen molar-refractivity contribution in [2.45, 2.75) is 18.6 Å². The first-order chi connectivity index (χ1) is 10.6. The molecule has 0 aromatic heterocycles. The van der Waals surface area contributed by atoms with Gasteiger partial charge in [-0.15, -0.1) is 0 Å². The second-order valence-electron chi connectivity index (χ2n) is 5.07. The molecule has 0 saturated carbocycles. The van der Waals surface area contributed by atoms with E-state index in [0.29, 0.717) is 24.7 Å². The minimum absolute atomic E-state index is 0.0392. The molecule has 8 heteroatoms. The molecular weight excluding hydrogens is 290 g/mol. The van der Waals surface area contributed by atoms with Gasteiger partial charge in [0.15, 0.2) is 0 Å². The monoisotopic (exact) mass is 305 g/mol. The zero-order valence-electron chi connectivity index (χ0n) is 11.6. The SMILES string of the molecule is O=C1CC(NC(=O)Nc2ccc(OC3COC3)cc2)C(=O)N1. The highest BCUT2D eigenvalue weighted by atomic mass is 16.6. The minimum atomic E-state index is -0.825. The average Bonchev–Trinajstić information content (AvgIpc) is 2.74. The molecule has 2 fully saturated rings. The first-order valence-electron chi connectivity index (χ1n) is 6.86. The van der Waals surface area contributed by atoms with Gasteiger partial charge in [0.25, 0.3) is 0 Å². The fourth-order valence-corrected chi connectivity index (χ4v) is 2.09. The third-order valence-corrected chi connectivity index (χ3v) is 3.30. The van der Waals surface area contributed by atoms with Crippen molar-refractivity contribution in [1.29, 1.82) is 0 Å². The molecule has 2 saturated heterocycles. The van der Waals surface area contributed by atoms with Crippen molar-refractivity contribution in [3.8, 4) is 5.75 Å². The van der Waals surface area contributed by atoms with Crippen LogP contribution in [0.1, 0.15) is 6.42 Å². The fourth-order valence-electron chi connectivity index (χ4n) is 2.09. The van der Waals surface area contributed by atoms with Crippen molar-refractivity contribution >= 4 is 23.5 Å². The highest BCUT2D eigenvalue weighted by Gasteiger charge is 2.31. The number of hydrogen-bond donors (Lipinski definition) is 3. The number of hydrogen-bond acceptors (Lipinski definition) is 5. The summed E-state index contributed by atoms with van der Waals surface area (Å²) in [7, 11) is 0. The van der Waals surface area contributed by atoms with Gasteiger partial charge in [0.05, 0.1) is 19.6 Å². The molecule has 8 nitrogen and oxygen atoms in total. The molecule has 1 atom stereocenters. The summed E-state index contributed by atoms with van der Waals surface area (Å²) < 4.78 is 10.6. The van der Waals surface area contributed by atoms with E-state index in [0.717, 1.165) is 0 Å². The van der Waals surface area contributed by atoms with E-state index in [9.17, 15) is 14.4 Å². The van der Waals surface area contributed by atoms with Crippen LogP contribution in [0.5, 0.6) is 5.75 Å². The summed E-state index contributed by atoms with van der Waals surface area (Å²) in [5.41, 5.74) is 0.555. The van der Waals surface area contributed by atoms with Gasteiger partial charge in [0.1, 0.15) is 17.9 Å². The summed E-state index contributed by atoms with van der Waals surface area (Å²) in [6.45, 7) is 1.18. The summed E-state index contributed by atoms with van der Waals surface area (Å²) in [6, 6.07) is 5.48. The van der Waals surface area contributed by atoms with Gasteiger partial charge in [-0.1, -0.05) is 0 Å². The molecule has 22 heavy (non-hydrogen) atoms. The molecule has 0 aliphatic carbocycles. The maximum absolute atomic E-state index is 11.8. The highest BCUT2D eigenvalue weighted by molar-refractivity contribution is 6.07. The number of anilines is 1. The highest BCUT2D eigenvalue weighted by Crippen LogP contribution is 2.19. The first-order valence-corrected chi connectivity index (χ1v) is 6.86. The predicted molar refractivity (Wildman–Crippen MR) is 75.4 cm³/mol. The van der Waals surface area contributed by atoms with Crippen LogP contribution in [0.4, 0.5) is 10.5 Å². The number of urea groups is 1. The molecular formula is C14H15N3O5. The molecule has 1 aromatic rings. The largest absolute Gasteiger partial charge is 0.486 e. The standard InChI is InChI=1S/C14H15N3O5/c18-12-5-11(13(19)17-12)16-14(20)15-8-1-3-9(4-2-8)22-10-6-21-7-10/h1-4,10-11H,5-7H2,(H2,15,16,20)(H,17,18,19). The Bertz CT molecular complexity index is 597. The topological polar surface area (TPSA) is 106 Å². The molecule has 3 rings (SSSR count). The Morgan fingerprint density at radius 2 is 1.95 bits per heavy atom. The van der Waals surface area contributed by atoms with Gasteiger partial charge in [-0.25, -0.2) is 4.79 Å². The van der Waals surface area contributed by atoms with Crippen LogP contribution in [0.15, 0.2) is 24.3 Å². The zero-order valence-corrected chi connectivity index (χ0v) is 11.6. The molecule has 3 N–H and O–H groups in total. The molecule has 1 unspecified atom stereocenters. The van der Waals surface area contributed by atoms with Crippen molar-refractivity contribution in [3.05, 3.63) is 24.3 Å². The first kappa shape index (κ1) is 14.3. The molecule has 0 spiro atoms. The Kier molecular flexibility index (Phi) is 3.92. The van der Waals surface area contributed by atoms with Crippen molar-refractivity contribution in [2.24, 2.45) is 0 Å². The minimum Gasteiger partial charge on any atom is -0.486 e. The molecule has 1 aromatic carbocycles. The summed E-state index contributed by atoms with van der Waals surface area (Å²) in [4.78, 5) is 34.2. The van der Waals surface area contributed by atoms with Gasteiger partial charge in [0, 0.05) is 5.69 Å². The van der Waals surface area contributed by atoms with Crippen LogP contribution in [-0.4, -0.2) is 43.2 Å². The van der Waals surface area contributed by atoms with Crippen LogP contribution in [0.3, 0.4) is 0 Å². The Balaban J connectivity index is 1.50. The molecule has 2 aliphatic heterocycles. The van der Waals surface area contributed by atoms with E-state index in [1.807, 2.05) is 0 Å². The van der Waals surface area contributed by atoms with E-state index in [2.05, 4.69) is 16.0 Å². The number of carbonyl (C=O) groups excluding carboxylic acids is 3. The third kappa shape index (κ3) is 3.34. The van der Waals surface area contributed by atoms with E-state index in [1.165, 1.54) is 0 Å². The average molecular weight is 305 g/mol. The third-order valence-electron chi connectivity index (χ3n) is 3.30. The number of nitrogens with one attached hydrogen (secondary N) is 3. The van der Waals surface area contributed by atoms with Crippen LogP contribution in [0.25, 0.3) is 0 Å². The Hall–Kier alpha value is -2.61. The lowest BCUT2D eigenvalue weighted by molar-refractivity contribution is -0.125. The fraction of sp³-hybridized carbons (Fsp3) is 0.357. The van der Waals surface area contributed by atoms with Crippen molar-refractivity contribution in [2.75, 3.05) is 18.5 Å². The number of rotatable bonds is 4. The van der Waals surface area contributed by atoms with Gasteiger partial charge in [0.2, 0.25) is 11.8 Å². The lowest BCUT2D eigenvalue weighted by Gasteiger charge is -2.26. The zero-order chi connectivity index (χ0) is 15.5. The van der Waals surface area contributed by atoms with Crippen LogP contribution in [0.2, 0.25) is 0 Å². The van der Waals surface area contributed by atoms with Gasteiger partial charge in [-0.2, -0.15) is 0 Å². The second kappa shape index (κ2) is 6.02. The Labute approximate surface area is 126 Å². The van der Waals surface area contributed by atoms with E-state index >= 15 is 0 Å². The lowest BCUT2D eigenvalue weighted by atomic mass is 10.2. The second-order valence-corrected chi connectivity index (χ2v) is 5.07. The van der Waals surface area contributed by atoms with Gasteiger partial charge in [-0.05, 0) is 24.3 Å². The van der Waals surface area contributed by atoms with Gasteiger partial charge < -0.3 is 20.1 Å². The smallest absolute Gasteiger partial charge is 0.319 e. The van der Waals surface area contributed by atoms with Crippen LogP contribution in [0, 0.1) is 0 Å². The summed E-state index contributed by atoms with van der Waals surface area (Å²) >= 11 is 0. The number of imide groups is 1. The van der Waals surface area contributed by atoms with Crippen molar-refractivity contribution in [3.63, 3.8) is 0 Å². The molecule has 2 heterocycles. The molecule has 116 valence electrons. The van der Waals surface area contributed by atoms with E-state index in [4.69, 9.17) is 9.47 Å². The van der Waals surface area contributed by atoms with Crippen LogP contribution in [-0.2, 0) is 14.3 Å². The number of benzene rings is 1. The maximum Gasteiger partial charge on any atom is 0.319 e. The van der Waals surface area contributed by atoms with E-state index < -0.39 is 23.9 Å². The number of ether oxygens (including phenoxy) is 2. The summed E-state index contributed by atoms with van der Waals surface area (Å²) in [6.07, 6.45) is 0.0446. The molecule has 4 amide bonds. The molecule has 0 radical (unpaired) electrons. The number of carbonyl (C=O) groups is 3. The Morgan fingerprint density at radius 3 is 2.50 bits per heavy atom. The summed E-state index contributed by atoms with van der Waals surface area (Å²) in [5.74, 6) is -0.191. The Morgan fingerprint density at radius 1 is 1.23 bits per heavy atom. The van der Waals surface area contributed by atoms with Crippen LogP contribution >= 0.6 is 0 Å². The molecule has 2 aliphatic rings. The predicted octanol–water partition coefficient (Wildman–Crippen LogP) is 0.000800. The van der Waals surface area contributed by atoms with Crippen molar-refractivity contribution in [1.82, 2.24) is 10.6 Å². The van der Waals surface area contributed by atoms with Gasteiger partial charge in [-0.3, -0.25) is 14.9 Å². The number of amides is 4. The van der Waals surface area contributed by atoms with Gasteiger partial charge >= 0.3 is 6.03 Å². The lowest BCUT2D eigenvalue weighted by Crippen LogP contribution is -2.42. The van der Waals surface area contributed by atoms with Crippen molar-refractivity contribution < 1.29 is 23.9 Å². The van der Waals surface area contributed by atoms with E-state index in [-0.39, 0.29) is 12.5 Å². The van der Waals surface area contributed by atoms with E-state index in [1.54, 1.807) is 24.3 Å². The summed E-state index contributed by atoms with van der Waals surface area (Å²) in [5, 5.41) is 7.16.